The maximum atomic E-state index is 12.3. The molecule has 5 nitrogen and oxygen atoms in total. The van der Waals surface area contributed by atoms with E-state index in [0.29, 0.717) is 18.1 Å². The summed E-state index contributed by atoms with van der Waals surface area (Å²) in [4.78, 5) is 22.2. The lowest BCUT2D eigenvalue weighted by Gasteiger charge is -2.15. The standard InChI is InChI=1S/C14H13ClN4O/c15-11-4-2-1-3-9(11)5-13(20)19-7-10-6-17-14(16)18-12(10)8-19/h1-4,6H,5,7-8H2,(H2,16,17,18). The van der Waals surface area contributed by atoms with E-state index >= 15 is 0 Å². The molecular formula is C14H13ClN4O. The highest BCUT2D eigenvalue weighted by Crippen LogP contribution is 2.23. The molecule has 0 unspecified atom stereocenters. The Morgan fingerprint density at radius 1 is 1.35 bits per heavy atom. The molecule has 0 fully saturated rings. The van der Waals surface area contributed by atoms with E-state index in [-0.39, 0.29) is 18.3 Å². The Morgan fingerprint density at radius 2 is 2.15 bits per heavy atom. The average Bonchev–Trinajstić information content (AvgIpc) is 2.84. The summed E-state index contributed by atoms with van der Waals surface area (Å²) < 4.78 is 0. The van der Waals surface area contributed by atoms with E-state index in [1.807, 2.05) is 18.2 Å². The maximum Gasteiger partial charge on any atom is 0.227 e. The van der Waals surface area contributed by atoms with Crippen LogP contribution < -0.4 is 5.73 Å². The van der Waals surface area contributed by atoms with Gasteiger partial charge in [0.15, 0.2) is 0 Å². The summed E-state index contributed by atoms with van der Waals surface area (Å²) >= 11 is 6.08. The van der Waals surface area contributed by atoms with Crippen molar-refractivity contribution >= 4 is 23.5 Å². The fourth-order valence-electron chi connectivity index (χ4n) is 2.26. The van der Waals surface area contributed by atoms with Gasteiger partial charge in [0.05, 0.1) is 18.7 Å². The van der Waals surface area contributed by atoms with Gasteiger partial charge in [0.25, 0.3) is 0 Å². The fourth-order valence-corrected chi connectivity index (χ4v) is 2.46. The van der Waals surface area contributed by atoms with Gasteiger partial charge in [0, 0.05) is 23.3 Å². The Hall–Kier alpha value is -2.14. The van der Waals surface area contributed by atoms with Crippen molar-refractivity contribution in [3.63, 3.8) is 0 Å². The van der Waals surface area contributed by atoms with Crippen LogP contribution in [0.15, 0.2) is 30.5 Å². The Kier molecular flexibility index (Phi) is 3.28. The first-order valence-corrected chi connectivity index (χ1v) is 6.63. The number of carbonyl (C=O) groups excluding carboxylic acids is 1. The van der Waals surface area contributed by atoms with E-state index in [1.54, 1.807) is 17.2 Å². The monoisotopic (exact) mass is 288 g/mol. The SMILES string of the molecule is Nc1ncc2c(n1)CN(C(=O)Cc1ccccc1Cl)C2. The van der Waals surface area contributed by atoms with Gasteiger partial charge in [-0.15, -0.1) is 0 Å². The van der Waals surface area contributed by atoms with E-state index in [9.17, 15) is 4.79 Å². The molecule has 0 radical (unpaired) electrons. The molecule has 0 atom stereocenters. The van der Waals surface area contributed by atoms with E-state index in [4.69, 9.17) is 17.3 Å². The summed E-state index contributed by atoms with van der Waals surface area (Å²) in [6.07, 6.45) is 1.97. The van der Waals surface area contributed by atoms with Crippen LogP contribution in [0, 0.1) is 0 Å². The topological polar surface area (TPSA) is 72.1 Å². The Morgan fingerprint density at radius 3 is 2.95 bits per heavy atom. The van der Waals surface area contributed by atoms with Crippen LogP contribution in [-0.2, 0) is 24.3 Å². The van der Waals surface area contributed by atoms with Gasteiger partial charge >= 0.3 is 0 Å². The van der Waals surface area contributed by atoms with Crippen molar-refractivity contribution in [3.8, 4) is 0 Å². The number of nitrogen functional groups attached to an aromatic ring is 1. The van der Waals surface area contributed by atoms with Crippen LogP contribution in [0.4, 0.5) is 5.95 Å². The largest absolute Gasteiger partial charge is 0.368 e. The van der Waals surface area contributed by atoms with Crippen LogP contribution in [0.1, 0.15) is 16.8 Å². The number of benzene rings is 1. The van der Waals surface area contributed by atoms with Gasteiger partial charge in [0.2, 0.25) is 11.9 Å². The summed E-state index contributed by atoms with van der Waals surface area (Å²) in [6.45, 7) is 1.00. The molecule has 2 N–H and O–H groups in total. The van der Waals surface area contributed by atoms with E-state index in [1.165, 1.54) is 0 Å². The molecule has 2 aromatic rings. The van der Waals surface area contributed by atoms with Crippen molar-refractivity contribution < 1.29 is 4.79 Å². The molecule has 0 aliphatic carbocycles. The molecular weight excluding hydrogens is 276 g/mol. The maximum absolute atomic E-state index is 12.3. The van der Waals surface area contributed by atoms with Crippen LogP contribution in [0.25, 0.3) is 0 Å². The molecule has 6 heteroatoms. The number of hydrogen-bond acceptors (Lipinski definition) is 4. The molecule has 0 saturated carbocycles. The number of anilines is 1. The lowest BCUT2D eigenvalue weighted by atomic mass is 10.1. The Balaban J connectivity index is 1.73. The third-order valence-corrected chi connectivity index (χ3v) is 3.70. The second-order valence-electron chi connectivity index (χ2n) is 4.72. The zero-order valence-electron chi connectivity index (χ0n) is 10.7. The first-order valence-electron chi connectivity index (χ1n) is 6.25. The molecule has 20 heavy (non-hydrogen) atoms. The van der Waals surface area contributed by atoms with E-state index < -0.39 is 0 Å². The van der Waals surface area contributed by atoms with Gasteiger partial charge < -0.3 is 10.6 Å². The number of halogens is 1. The molecule has 102 valence electrons. The highest BCUT2D eigenvalue weighted by atomic mass is 35.5. The molecule has 1 aromatic heterocycles. The molecule has 1 aliphatic rings. The molecule has 3 rings (SSSR count). The minimum absolute atomic E-state index is 0.0228. The van der Waals surface area contributed by atoms with Gasteiger partial charge in [-0.05, 0) is 11.6 Å². The summed E-state index contributed by atoms with van der Waals surface area (Å²) in [5.41, 5.74) is 8.16. The highest BCUT2D eigenvalue weighted by Gasteiger charge is 2.25. The summed E-state index contributed by atoms with van der Waals surface area (Å²) in [5.74, 6) is 0.263. The Bertz CT molecular complexity index is 674. The average molecular weight is 289 g/mol. The number of amides is 1. The normalized spacial score (nSPS) is 13.3. The zero-order valence-corrected chi connectivity index (χ0v) is 11.5. The molecule has 1 aromatic carbocycles. The number of carbonyl (C=O) groups is 1. The Labute approximate surface area is 121 Å². The number of rotatable bonds is 2. The van der Waals surface area contributed by atoms with Crippen molar-refractivity contribution in [1.82, 2.24) is 14.9 Å². The van der Waals surface area contributed by atoms with Crippen molar-refractivity contribution in [2.75, 3.05) is 5.73 Å². The molecule has 1 amide bonds. The predicted molar refractivity (Wildman–Crippen MR) is 75.9 cm³/mol. The second-order valence-corrected chi connectivity index (χ2v) is 5.13. The summed E-state index contributed by atoms with van der Waals surface area (Å²) in [6, 6.07) is 7.37. The third kappa shape index (κ3) is 2.44. The molecule has 0 saturated heterocycles. The van der Waals surface area contributed by atoms with Crippen LogP contribution in [0.2, 0.25) is 5.02 Å². The number of nitrogens with zero attached hydrogens (tertiary/aromatic N) is 3. The first kappa shape index (κ1) is 12.9. The van der Waals surface area contributed by atoms with Crippen molar-refractivity contribution in [3.05, 3.63) is 52.3 Å². The van der Waals surface area contributed by atoms with Gasteiger partial charge in [-0.25, -0.2) is 9.97 Å². The van der Waals surface area contributed by atoms with Crippen molar-refractivity contribution in [2.45, 2.75) is 19.5 Å². The molecule has 0 spiro atoms. The van der Waals surface area contributed by atoms with Gasteiger partial charge in [-0.2, -0.15) is 0 Å². The highest BCUT2D eigenvalue weighted by molar-refractivity contribution is 6.31. The smallest absolute Gasteiger partial charge is 0.227 e. The van der Waals surface area contributed by atoms with Crippen LogP contribution >= 0.6 is 11.6 Å². The fraction of sp³-hybridized carbons (Fsp3) is 0.214. The minimum Gasteiger partial charge on any atom is -0.368 e. The second kappa shape index (κ2) is 5.09. The van der Waals surface area contributed by atoms with Crippen LogP contribution in [0.5, 0.6) is 0 Å². The predicted octanol–water partition coefficient (Wildman–Crippen LogP) is 1.80. The summed E-state index contributed by atoms with van der Waals surface area (Å²) in [7, 11) is 0. The van der Waals surface area contributed by atoms with Crippen LogP contribution in [-0.4, -0.2) is 20.8 Å². The zero-order chi connectivity index (χ0) is 14.1. The lowest BCUT2D eigenvalue weighted by molar-refractivity contribution is -0.131. The van der Waals surface area contributed by atoms with Crippen molar-refractivity contribution in [1.29, 1.82) is 0 Å². The summed E-state index contributed by atoms with van der Waals surface area (Å²) in [5, 5.41) is 0.613. The molecule has 1 aliphatic heterocycles. The number of nitrogens with two attached hydrogens (primary N) is 1. The lowest BCUT2D eigenvalue weighted by Crippen LogP contribution is -2.27. The number of aromatic nitrogens is 2. The van der Waals surface area contributed by atoms with E-state index in [2.05, 4.69) is 9.97 Å². The number of fused-ring (bicyclic) bond motifs is 1. The minimum atomic E-state index is 0.0228. The van der Waals surface area contributed by atoms with Crippen molar-refractivity contribution in [2.24, 2.45) is 0 Å². The van der Waals surface area contributed by atoms with E-state index in [0.717, 1.165) is 16.8 Å². The van der Waals surface area contributed by atoms with Gasteiger partial charge in [-0.1, -0.05) is 29.8 Å². The third-order valence-electron chi connectivity index (χ3n) is 3.33. The first-order chi connectivity index (χ1) is 9.63. The quantitative estimate of drug-likeness (QED) is 0.914. The molecule has 2 heterocycles. The van der Waals surface area contributed by atoms with Gasteiger partial charge in [-0.3, -0.25) is 4.79 Å². The number of hydrogen-bond donors (Lipinski definition) is 1. The van der Waals surface area contributed by atoms with Gasteiger partial charge in [0.1, 0.15) is 0 Å². The van der Waals surface area contributed by atoms with Crippen LogP contribution in [0.3, 0.4) is 0 Å². The molecule has 0 bridgehead atoms.